The van der Waals surface area contributed by atoms with Gasteiger partial charge in [0.05, 0.1) is 0 Å². The van der Waals surface area contributed by atoms with E-state index in [-0.39, 0.29) is 9.90 Å². The van der Waals surface area contributed by atoms with Crippen LogP contribution in [0.1, 0.15) is 5.69 Å². The van der Waals surface area contributed by atoms with Crippen LogP contribution >= 0.6 is 9.90 Å². The maximum absolute atomic E-state index is 3.78. The minimum Gasteiger partial charge on any atom is -0.365 e. The zero-order valence-corrected chi connectivity index (χ0v) is 9.19. The first-order valence-electron chi connectivity index (χ1n) is 3.84. The van der Waals surface area contributed by atoms with Crippen LogP contribution in [0, 0.1) is 6.92 Å². The maximum atomic E-state index is 3.78. The van der Waals surface area contributed by atoms with Gasteiger partial charge >= 0.3 is 0 Å². The van der Waals surface area contributed by atoms with Gasteiger partial charge in [-0.25, -0.2) is 0 Å². The molecule has 0 fully saturated rings. The van der Waals surface area contributed by atoms with Gasteiger partial charge in [0.15, 0.2) is 0 Å². The molecule has 0 spiro atoms. The fourth-order valence-electron chi connectivity index (χ4n) is 0.733. The summed E-state index contributed by atoms with van der Waals surface area (Å²) in [5, 5.41) is 0. The molecule has 0 bridgehead atoms. The van der Waals surface area contributed by atoms with Gasteiger partial charge in [-0.3, -0.25) is 4.98 Å². The smallest absolute Gasteiger partial charge is 0.0267 e. The van der Waals surface area contributed by atoms with Gasteiger partial charge in [0, 0.05) is 24.3 Å². The first kappa shape index (κ1) is 11.9. The monoisotopic (exact) mass is 194 g/mol. The zero-order chi connectivity index (χ0) is 8.65. The molecule has 0 aliphatic rings. The van der Waals surface area contributed by atoms with Gasteiger partial charge in [0.1, 0.15) is 0 Å². The molecule has 0 radical (unpaired) electrons. The first-order valence-corrected chi connectivity index (χ1v) is 3.84. The van der Waals surface area contributed by atoms with E-state index >= 15 is 0 Å². The largest absolute Gasteiger partial charge is 0.365 e. The molecule has 2 aromatic heterocycles. The number of nitrogens with zero attached hydrogens (tertiary/aromatic N) is 1. The summed E-state index contributed by atoms with van der Waals surface area (Å²) in [5.41, 5.74) is 1.22. The Kier molecular flexibility index (Phi) is 6.85. The van der Waals surface area contributed by atoms with Crippen LogP contribution in [0.5, 0.6) is 0 Å². The summed E-state index contributed by atoms with van der Waals surface area (Å²) in [4.78, 5) is 6.78. The average molecular weight is 194 g/mol. The van der Waals surface area contributed by atoms with Crippen LogP contribution in [0.2, 0.25) is 0 Å². The lowest BCUT2D eigenvalue weighted by Crippen LogP contribution is -1.59. The van der Waals surface area contributed by atoms with Gasteiger partial charge in [-0.05, 0) is 31.2 Å². The van der Waals surface area contributed by atoms with E-state index in [0.29, 0.717) is 0 Å². The molecule has 0 saturated carbocycles. The molecule has 1 N–H and O–H groups in total. The van der Waals surface area contributed by atoms with Crippen molar-refractivity contribution in [1.29, 1.82) is 0 Å². The highest BCUT2D eigenvalue weighted by Crippen LogP contribution is 1.86. The Balaban J connectivity index is 0.000000206. The van der Waals surface area contributed by atoms with E-state index in [0.717, 1.165) is 0 Å². The third-order valence-corrected chi connectivity index (χ3v) is 1.32. The molecule has 0 amide bonds. The SMILES string of the molecule is Cc1ccc[nH]1.P.c1ccncc1. The Hall–Kier alpha value is -1.14. The summed E-state index contributed by atoms with van der Waals surface area (Å²) in [5.74, 6) is 0. The normalized spacial score (nSPS) is 7.77. The molecule has 2 heterocycles. The molecule has 13 heavy (non-hydrogen) atoms. The van der Waals surface area contributed by atoms with Crippen molar-refractivity contribution in [2.75, 3.05) is 0 Å². The molecule has 0 aliphatic heterocycles. The van der Waals surface area contributed by atoms with Crippen LogP contribution < -0.4 is 0 Å². The highest BCUT2D eigenvalue weighted by Gasteiger charge is 1.72. The van der Waals surface area contributed by atoms with Crippen LogP contribution in [0.25, 0.3) is 0 Å². The Labute approximate surface area is 82.0 Å². The van der Waals surface area contributed by atoms with Crippen LogP contribution in [0.4, 0.5) is 0 Å². The highest BCUT2D eigenvalue weighted by molar-refractivity contribution is 6.92. The van der Waals surface area contributed by atoms with Crippen molar-refractivity contribution in [3.63, 3.8) is 0 Å². The fraction of sp³-hybridized carbons (Fsp3) is 0.100. The Morgan fingerprint density at radius 1 is 1.08 bits per heavy atom. The van der Waals surface area contributed by atoms with Crippen LogP contribution in [0.15, 0.2) is 48.9 Å². The summed E-state index contributed by atoms with van der Waals surface area (Å²) in [6, 6.07) is 9.72. The number of pyridine rings is 1. The molecule has 0 saturated heterocycles. The van der Waals surface area contributed by atoms with Crippen molar-refractivity contribution in [3.05, 3.63) is 54.6 Å². The van der Waals surface area contributed by atoms with Gasteiger partial charge in [0.2, 0.25) is 0 Å². The van der Waals surface area contributed by atoms with E-state index < -0.39 is 0 Å². The number of nitrogens with one attached hydrogen (secondary N) is 1. The number of H-pyrrole nitrogens is 1. The van der Waals surface area contributed by atoms with E-state index in [2.05, 4.69) is 9.97 Å². The third-order valence-electron chi connectivity index (χ3n) is 1.32. The van der Waals surface area contributed by atoms with E-state index in [1.165, 1.54) is 5.69 Å². The van der Waals surface area contributed by atoms with Crippen molar-refractivity contribution in [2.24, 2.45) is 0 Å². The van der Waals surface area contributed by atoms with Crippen LogP contribution in [0.3, 0.4) is 0 Å². The number of rotatable bonds is 0. The Bertz CT molecular complexity index is 252. The number of hydrogen-bond acceptors (Lipinski definition) is 1. The summed E-state index contributed by atoms with van der Waals surface area (Å²) >= 11 is 0. The molecule has 0 aliphatic carbocycles. The molecule has 2 nitrogen and oxygen atoms in total. The van der Waals surface area contributed by atoms with Gasteiger partial charge < -0.3 is 4.98 Å². The van der Waals surface area contributed by atoms with Crippen LogP contribution in [-0.4, -0.2) is 9.97 Å². The number of aryl methyl sites for hydroxylation is 1. The Morgan fingerprint density at radius 2 is 1.77 bits per heavy atom. The van der Waals surface area contributed by atoms with Gasteiger partial charge in [-0.2, -0.15) is 9.90 Å². The van der Waals surface area contributed by atoms with Gasteiger partial charge in [-0.15, -0.1) is 0 Å². The predicted molar refractivity (Wildman–Crippen MR) is 60.9 cm³/mol. The van der Waals surface area contributed by atoms with Crippen molar-refractivity contribution < 1.29 is 0 Å². The molecule has 2 aromatic rings. The molecule has 2 rings (SSSR count). The molecular weight excluding hydrogens is 179 g/mol. The lowest BCUT2D eigenvalue weighted by molar-refractivity contribution is 1.27. The van der Waals surface area contributed by atoms with Crippen LogP contribution in [-0.2, 0) is 0 Å². The maximum Gasteiger partial charge on any atom is 0.0267 e. The molecule has 70 valence electrons. The van der Waals surface area contributed by atoms with E-state index in [9.17, 15) is 0 Å². The van der Waals surface area contributed by atoms with E-state index in [4.69, 9.17) is 0 Å². The number of aromatic amines is 1. The molecule has 1 atom stereocenters. The molecule has 1 unspecified atom stereocenters. The number of aromatic nitrogens is 2. The second kappa shape index (κ2) is 7.51. The Morgan fingerprint density at radius 3 is 1.92 bits per heavy atom. The summed E-state index contributed by atoms with van der Waals surface area (Å²) in [7, 11) is 0. The summed E-state index contributed by atoms with van der Waals surface area (Å²) < 4.78 is 0. The van der Waals surface area contributed by atoms with Crippen molar-refractivity contribution in [1.82, 2.24) is 9.97 Å². The summed E-state index contributed by atoms with van der Waals surface area (Å²) in [6.07, 6.45) is 5.41. The van der Waals surface area contributed by atoms with E-state index in [1.807, 2.05) is 43.5 Å². The molecule has 0 aromatic carbocycles. The van der Waals surface area contributed by atoms with Crippen molar-refractivity contribution in [2.45, 2.75) is 6.92 Å². The topological polar surface area (TPSA) is 28.7 Å². The molecule has 3 heteroatoms. The summed E-state index contributed by atoms with van der Waals surface area (Å²) in [6.45, 7) is 2.03. The quantitative estimate of drug-likeness (QED) is 0.641. The average Bonchev–Trinajstić information content (AvgIpc) is 2.60. The predicted octanol–water partition coefficient (Wildman–Crippen LogP) is 2.46. The second-order valence-corrected chi connectivity index (χ2v) is 2.38. The fourth-order valence-corrected chi connectivity index (χ4v) is 0.733. The standard InChI is InChI=1S/C5H7N.C5H5N.H3P/c1-5-3-2-4-6-5;1-2-4-6-5-3-1;/h2-4,6H,1H3;1-5H;1H3. The highest BCUT2D eigenvalue weighted by atomic mass is 31.0. The van der Waals surface area contributed by atoms with E-state index in [1.54, 1.807) is 12.4 Å². The second-order valence-electron chi connectivity index (χ2n) is 2.38. The lowest BCUT2D eigenvalue weighted by Gasteiger charge is -1.70. The van der Waals surface area contributed by atoms with Crippen molar-refractivity contribution >= 4 is 9.90 Å². The van der Waals surface area contributed by atoms with Crippen molar-refractivity contribution in [3.8, 4) is 0 Å². The van der Waals surface area contributed by atoms with Gasteiger partial charge in [0.25, 0.3) is 0 Å². The third kappa shape index (κ3) is 6.06. The minimum atomic E-state index is 0. The molecular formula is C10H15N2P. The lowest BCUT2D eigenvalue weighted by atomic mass is 10.5. The first-order chi connectivity index (χ1) is 5.89. The number of hydrogen-bond donors (Lipinski definition) is 1. The minimum absolute atomic E-state index is 0. The zero-order valence-electron chi connectivity index (χ0n) is 7.77. The van der Waals surface area contributed by atoms with Gasteiger partial charge in [-0.1, -0.05) is 6.07 Å².